The van der Waals surface area contributed by atoms with Crippen LogP contribution in [0.1, 0.15) is 25.3 Å². The third kappa shape index (κ3) is 4.28. The zero-order chi connectivity index (χ0) is 24.6. The van der Waals surface area contributed by atoms with E-state index >= 15 is 0 Å². The molecule has 2 aliphatic rings. The fraction of sp³-hybridized carbons (Fsp3) is 0.391. The Bertz CT molecular complexity index is 1250. The van der Waals surface area contributed by atoms with Gasteiger partial charge in [-0.1, -0.05) is 0 Å². The van der Waals surface area contributed by atoms with Crippen molar-refractivity contribution in [3.05, 3.63) is 35.9 Å². The van der Waals surface area contributed by atoms with E-state index in [9.17, 15) is 18.0 Å². The first-order valence-electron chi connectivity index (χ1n) is 10.8. The van der Waals surface area contributed by atoms with Gasteiger partial charge in [-0.25, -0.2) is 8.42 Å². The summed E-state index contributed by atoms with van der Waals surface area (Å²) in [6.45, 7) is 3.43. The van der Waals surface area contributed by atoms with E-state index in [2.05, 4.69) is 10.6 Å². The number of aryl methyl sites for hydroxylation is 1. The maximum Gasteiger partial charge on any atom is 0.265 e. The van der Waals surface area contributed by atoms with Crippen molar-refractivity contribution in [3.63, 3.8) is 0 Å². The first kappa shape index (κ1) is 23.8. The van der Waals surface area contributed by atoms with E-state index in [4.69, 9.17) is 14.2 Å². The molecule has 0 spiro atoms. The van der Waals surface area contributed by atoms with Crippen LogP contribution in [0.25, 0.3) is 0 Å². The summed E-state index contributed by atoms with van der Waals surface area (Å²) in [5.74, 6) is 0.475. The Morgan fingerprint density at radius 2 is 1.97 bits per heavy atom. The predicted octanol–water partition coefficient (Wildman–Crippen LogP) is 2.52. The van der Waals surface area contributed by atoms with Crippen LogP contribution in [0.5, 0.6) is 17.2 Å². The number of methoxy groups -OCH3 is 2. The standard InChI is InChI=1S/C23H27N3O7S/c1-13-10-16-20(33-14(2)22(27)24-16)12-21(13)34(29,30)26-9-5-6-18(26)23(28)25-17-11-15(31-3)7-8-19(17)32-4/h7-8,10-12,14,18H,5-6,9H2,1-4H3,(H,24,27)(H,25,28)/t14-,18+/m1/s1. The number of hydrogen-bond donors (Lipinski definition) is 2. The fourth-order valence-corrected chi connectivity index (χ4v) is 6.04. The average Bonchev–Trinajstić information content (AvgIpc) is 3.31. The van der Waals surface area contributed by atoms with Gasteiger partial charge in [0, 0.05) is 18.7 Å². The van der Waals surface area contributed by atoms with Gasteiger partial charge in [0.05, 0.1) is 30.5 Å². The van der Waals surface area contributed by atoms with Crippen molar-refractivity contribution in [1.29, 1.82) is 0 Å². The molecule has 2 aromatic rings. The van der Waals surface area contributed by atoms with Crippen LogP contribution in [-0.2, 0) is 19.6 Å². The first-order valence-corrected chi connectivity index (χ1v) is 12.3. The number of anilines is 2. The van der Waals surface area contributed by atoms with Crippen molar-refractivity contribution >= 4 is 33.2 Å². The summed E-state index contributed by atoms with van der Waals surface area (Å²) in [5, 5.41) is 5.50. The molecule has 2 heterocycles. The third-order valence-electron chi connectivity index (χ3n) is 5.97. The van der Waals surface area contributed by atoms with E-state index in [1.807, 2.05) is 0 Å². The summed E-state index contributed by atoms with van der Waals surface area (Å²) >= 11 is 0. The number of nitrogens with one attached hydrogen (secondary N) is 2. The molecule has 0 saturated carbocycles. The van der Waals surface area contributed by atoms with E-state index in [0.29, 0.717) is 41.3 Å². The van der Waals surface area contributed by atoms with Gasteiger partial charge in [0.15, 0.2) is 6.10 Å². The Kier molecular flexibility index (Phi) is 6.41. The quantitative estimate of drug-likeness (QED) is 0.639. The highest BCUT2D eigenvalue weighted by molar-refractivity contribution is 7.89. The molecule has 2 N–H and O–H groups in total. The Balaban J connectivity index is 1.63. The van der Waals surface area contributed by atoms with Crippen LogP contribution in [-0.4, -0.2) is 57.4 Å². The monoisotopic (exact) mass is 489 g/mol. The second-order valence-corrected chi connectivity index (χ2v) is 10.1. The van der Waals surface area contributed by atoms with Gasteiger partial charge in [-0.15, -0.1) is 0 Å². The minimum absolute atomic E-state index is 0.0354. The molecular weight excluding hydrogens is 462 g/mol. The van der Waals surface area contributed by atoms with E-state index < -0.39 is 28.1 Å². The highest BCUT2D eigenvalue weighted by atomic mass is 32.2. The fourth-order valence-electron chi connectivity index (χ4n) is 4.16. The lowest BCUT2D eigenvalue weighted by Gasteiger charge is -2.27. The molecule has 2 aliphatic heterocycles. The number of sulfonamides is 1. The summed E-state index contributed by atoms with van der Waals surface area (Å²) in [6, 6.07) is 7.06. The first-order chi connectivity index (χ1) is 16.1. The van der Waals surface area contributed by atoms with Crippen LogP contribution in [0, 0.1) is 6.92 Å². The molecule has 1 saturated heterocycles. The number of hydrogen-bond acceptors (Lipinski definition) is 7. The molecule has 0 aliphatic carbocycles. The van der Waals surface area contributed by atoms with Gasteiger partial charge in [-0.3, -0.25) is 9.59 Å². The van der Waals surface area contributed by atoms with Crippen molar-refractivity contribution in [3.8, 4) is 17.2 Å². The molecule has 1 fully saturated rings. The van der Waals surface area contributed by atoms with Crippen molar-refractivity contribution in [1.82, 2.24) is 4.31 Å². The third-order valence-corrected chi connectivity index (χ3v) is 8.02. The lowest BCUT2D eigenvalue weighted by atomic mass is 10.1. The van der Waals surface area contributed by atoms with Crippen molar-refractivity contribution in [2.75, 3.05) is 31.4 Å². The van der Waals surface area contributed by atoms with E-state index in [1.165, 1.54) is 24.6 Å². The second kappa shape index (κ2) is 9.15. The molecule has 0 bridgehead atoms. The van der Waals surface area contributed by atoms with Gasteiger partial charge < -0.3 is 24.8 Å². The average molecular weight is 490 g/mol. The van der Waals surface area contributed by atoms with Crippen molar-refractivity contribution in [2.24, 2.45) is 0 Å². The maximum atomic E-state index is 13.6. The van der Waals surface area contributed by atoms with Crippen LogP contribution < -0.4 is 24.8 Å². The second-order valence-electron chi connectivity index (χ2n) is 8.19. The minimum atomic E-state index is -4.02. The molecule has 34 heavy (non-hydrogen) atoms. The molecule has 0 radical (unpaired) electrons. The maximum absolute atomic E-state index is 13.6. The Hall–Kier alpha value is -3.31. The zero-order valence-electron chi connectivity index (χ0n) is 19.4. The summed E-state index contributed by atoms with van der Waals surface area (Å²) in [5.41, 5.74) is 1.25. The van der Waals surface area contributed by atoms with E-state index in [1.54, 1.807) is 38.1 Å². The Morgan fingerprint density at radius 3 is 2.68 bits per heavy atom. The largest absolute Gasteiger partial charge is 0.497 e. The number of benzene rings is 2. The Morgan fingerprint density at radius 1 is 1.21 bits per heavy atom. The zero-order valence-corrected chi connectivity index (χ0v) is 20.2. The van der Waals surface area contributed by atoms with Crippen molar-refractivity contribution in [2.45, 2.75) is 43.7 Å². The number of ether oxygens (including phenoxy) is 3. The minimum Gasteiger partial charge on any atom is -0.497 e. The molecule has 11 heteroatoms. The summed E-state index contributed by atoms with van der Waals surface area (Å²) < 4.78 is 44.6. The topological polar surface area (TPSA) is 123 Å². The molecule has 0 aromatic heterocycles. The molecule has 0 unspecified atom stereocenters. The van der Waals surface area contributed by atoms with E-state index in [-0.39, 0.29) is 23.1 Å². The predicted molar refractivity (Wildman–Crippen MR) is 125 cm³/mol. The van der Waals surface area contributed by atoms with Gasteiger partial charge in [0.1, 0.15) is 23.3 Å². The van der Waals surface area contributed by atoms with Crippen LogP contribution in [0.2, 0.25) is 0 Å². The van der Waals surface area contributed by atoms with Crippen molar-refractivity contribution < 1.29 is 32.2 Å². The smallest absolute Gasteiger partial charge is 0.265 e. The molecule has 182 valence electrons. The van der Waals surface area contributed by atoms with Gasteiger partial charge in [0.25, 0.3) is 5.91 Å². The van der Waals surface area contributed by atoms with E-state index in [0.717, 1.165) is 0 Å². The van der Waals surface area contributed by atoms with Crippen LogP contribution >= 0.6 is 0 Å². The van der Waals surface area contributed by atoms with Gasteiger partial charge in [-0.2, -0.15) is 4.31 Å². The van der Waals surface area contributed by atoms with Crippen LogP contribution in [0.15, 0.2) is 35.2 Å². The lowest BCUT2D eigenvalue weighted by Crippen LogP contribution is -2.43. The number of nitrogens with zero attached hydrogens (tertiary/aromatic N) is 1. The number of amides is 2. The number of fused-ring (bicyclic) bond motifs is 1. The summed E-state index contributed by atoms with van der Waals surface area (Å²) in [6.07, 6.45) is 0.180. The highest BCUT2D eigenvalue weighted by Crippen LogP contribution is 2.37. The highest BCUT2D eigenvalue weighted by Gasteiger charge is 2.41. The molecule has 2 amide bonds. The SMILES string of the molecule is COc1ccc(OC)c(NC(=O)[C@@H]2CCCN2S(=O)(=O)c2cc3c(cc2C)NC(=O)[C@@H](C)O3)c1. The molecule has 4 rings (SSSR count). The number of carbonyl (C=O) groups excluding carboxylic acids is 2. The Labute approximate surface area is 198 Å². The summed E-state index contributed by atoms with van der Waals surface area (Å²) in [4.78, 5) is 25.1. The summed E-state index contributed by atoms with van der Waals surface area (Å²) in [7, 11) is -1.04. The van der Waals surface area contributed by atoms with Gasteiger partial charge in [-0.05, 0) is 50.5 Å². The van der Waals surface area contributed by atoms with Crippen LogP contribution in [0.3, 0.4) is 0 Å². The number of carbonyl (C=O) groups is 2. The number of rotatable bonds is 6. The normalized spacial score (nSPS) is 20.2. The molecule has 10 nitrogen and oxygen atoms in total. The molecular formula is C23H27N3O7S. The van der Waals surface area contributed by atoms with Gasteiger partial charge >= 0.3 is 0 Å². The lowest BCUT2D eigenvalue weighted by molar-refractivity contribution is -0.122. The van der Waals surface area contributed by atoms with Gasteiger partial charge in [0.2, 0.25) is 15.9 Å². The van der Waals surface area contributed by atoms with Crippen LogP contribution in [0.4, 0.5) is 11.4 Å². The molecule has 2 atom stereocenters. The molecule has 2 aromatic carbocycles.